The van der Waals surface area contributed by atoms with Gasteiger partial charge in [0.2, 0.25) is 11.8 Å². The zero-order valence-corrected chi connectivity index (χ0v) is 8.61. The molecule has 0 heterocycles. The molecule has 0 fully saturated rings. The molecule has 15 heavy (non-hydrogen) atoms. The van der Waals surface area contributed by atoms with Crippen LogP contribution in [0.5, 0.6) is 0 Å². The number of hydrogen-bond acceptors (Lipinski definition) is 4. The SMILES string of the molecule is CC(NC(=O)[C@@H](C)NC(=O)CN)C(=O)O. The van der Waals surface area contributed by atoms with Crippen LogP contribution in [0.25, 0.3) is 0 Å². The molecule has 0 aliphatic carbocycles. The van der Waals surface area contributed by atoms with Crippen LogP contribution in [0.1, 0.15) is 13.8 Å². The van der Waals surface area contributed by atoms with Crippen molar-refractivity contribution in [3.05, 3.63) is 0 Å². The molecule has 0 aliphatic rings. The molecule has 0 rings (SSSR count). The van der Waals surface area contributed by atoms with E-state index in [2.05, 4.69) is 10.6 Å². The summed E-state index contributed by atoms with van der Waals surface area (Å²) in [6.45, 7) is 2.56. The van der Waals surface area contributed by atoms with Crippen molar-refractivity contribution in [2.24, 2.45) is 5.73 Å². The van der Waals surface area contributed by atoms with Crippen molar-refractivity contribution < 1.29 is 19.5 Å². The van der Waals surface area contributed by atoms with Gasteiger partial charge in [0.15, 0.2) is 0 Å². The number of carbonyl (C=O) groups excluding carboxylic acids is 2. The number of nitrogens with two attached hydrogens (primary N) is 1. The van der Waals surface area contributed by atoms with Crippen molar-refractivity contribution in [3.63, 3.8) is 0 Å². The van der Waals surface area contributed by atoms with Gasteiger partial charge < -0.3 is 21.5 Å². The molecule has 0 aromatic heterocycles. The Morgan fingerprint density at radius 1 is 1.20 bits per heavy atom. The van der Waals surface area contributed by atoms with E-state index < -0.39 is 29.9 Å². The van der Waals surface area contributed by atoms with Gasteiger partial charge in [-0.05, 0) is 13.8 Å². The Kier molecular flexibility index (Phi) is 5.32. The highest BCUT2D eigenvalue weighted by Crippen LogP contribution is 1.86. The standard InChI is InChI=1S/C8H15N3O4/c1-4(10-6(12)3-9)7(13)11-5(2)8(14)15/h4-5H,3,9H2,1-2H3,(H,10,12)(H,11,13)(H,14,15)/t4-,5?/m1/s1. The highest BCUT2D eigenvalue weighted by atomic mass is 16.4. The third-order valence-corrected chi connectivity index (χ3v) is 1.69. The summed E-state index contributed by atoms with van der Waals surface area (Å²) in [5, 5.41) is 13.0. The lowest BCUT2D eigenvalue weighted by molar-refractivity contribution is -0.141. The van der Waals surface area contributed by atoms with Crippen LogP contribution >= 0.6 is 0 Å². The fourth-order valence-electron chi connectivity index (χ4n) is 0.766. The number of aliphatic carboxylic acids is 1. The van der Waals surface area contributed by atoms with E-state index in [4.69, 9.17) is 10.8 Å². The lowest BCUT2D eigenvalue weighted by Gasteiger charge is -2.15. The van der Waals surface area contributed by atoms with Crippen LogP contribution in [0.4, 0.5) is 0 Å². The van der Waals surface area contributed by atoms with E-state index in [1.807, 2.05) is 0 Å². The first-order valence-corrected chi connectivity index (χ1v) is 4.41. The highest BCUT2D eigenvalue weighted by Gasteiger charge is 2.19. The minimum absolute atomic E-state index is 0.216. The smallest absolute Gasteiger partial charge is 0.325 e. The second-order valence-electron chi connectivity index (χ2n) is 3.06. The van der Waals surface area contributed by atoms with Gasteiger partial charge in [-0.15, -0.1) is 0 Å². The minimum atomic E-state index is -1.14. The molecule has 1 unspecified atom stereocenters. The summed E-state index contributed by atoms with van der Waals surface area (Å²) in [7, 11) is 0. The van der Waals surface area contributed by atoms with Crippen LogP contribution in [0.15, 0.2) is 0 Å². The van der Waals surface area contributed by atoms with E-state index in [1.165, 1.54) is 13.8 Å². The largest absolute Gasteiger partial charge is 0.480 e. The fourth-order valence-corrected chi connectivity index (χ4v) is 0.766. The topological polar surface area (TPSA) is 122 Å². The summed E-state index contributed by atoms with van der Waals surface area (Å²) in [5.74, 6) is -2.17. The molecule has 0 radical (unpaired) electrons. The van der Waals surface area contributed by atoms with Crippen LogP contribution in [0.2, 0.25) is 0 Å². The Hall–Kier alpha value is -1.63. The quantitative estimate of drug-likeness (QED) is 0.426. The van der Waals surface area contributed by atoms with Crippen LogP contribution in [0, 0.1) is 0 Å². The zero-order valence-electron chi connectivity index (χ0n) is 8.61. The minimum Gasteiger partial charge on any atom is -0.480 e. The Morgan fingerprint density at radius 3 is 2.13 bits per heavy atom. The maximum Gasteiger partial charge on any atom is 0.325 e. The summed E-state index contributed by atoms with van der Waals surface area (Å²) in [4.78, 5) is 32.5. The van der Waals surface area contributed by atoms with E-state index in [9.17, 15) is 14.4 Å². The van der Waals surface area contributed by atoms with E-state index in [-0.39, 0.29) is 6.54 Å². The average Bonchev–Trinajstić information content (AvgIpc) is 2.16. The van der Waals surface area contributed by atoms with E-state index in [0.29, 0.717) is 0 Å². The van der Waals surface area contributed by atoms with Gasteiger partial charge in [-0.25, -0.2) is 0 Å². The van der Waals surface area contributed by atoms with E-state index >= 15 is 0 Å². The van der Waals surface area contributed by atoms with Gasteiger partial charge in [-0.2, -0.15) is 0 Å². The van der Waals surface area contributed by atoms with E-state index in [0.717, 1.165) is 0 Å². The first-order valence-electron chi connectivity index (χ1n) is 4.41. The third kappa shape index (κ3) is 4.96. The molecule has 5 N–H and O–H groups in total. The predicted octanol–water partition coefficient (Wildman–Crippen LogP) is -1.96. The molecule has 0 aromatic rings. The Bertz CT molecular complexity index is 267. The number of carboxylic acids is 1. The van der Waals surface area contributed by atoms with Crippen molar-refractivity contribution in [3.8, 4) is 0 Å². The highest BCUT2D eigenvalue weighted by molar-refractivity contribution is 5.90. The summed E-state index contributed by atoms with van der Waals surface area (Å²) < 4.78 is 0. The third-order valence-electron chi connectivity index (χ3n) is 1.69. The Morgan fingerprint density at radius 2 is 1.73 bits per heavy atom. The maximum absolute atomic E-state index is 11.3. The van der Waals surface area contributed by atoms with Crippen molar-refractivity contribution >= 4 is 17.8 Å². The summed E-state index contributed by atoms with van der Waals surface area (Å²) in [6.07, 6.45) is 0. The monoisotopic (exact) mass is 217 g/mol. The van der Waals surface area contributed by atoms with Crippen molar-refractivity contribution in [1.29, 1.82) is 0 Å². The number of carbonyl (C=O) groups is 3. The summed E-state index contributed by atoms with van der Waals surface area (Å²) in [6, 6.07) is -1.79. The molecular weight excluding hydrogens is 202 g/mol. The molecule has 0 aliphatic heterocycles. The predicted molar refractivity (Wildman–Crippen MR) is 51.9 cm³/mol. The molecule has 0 aromatic carbocycles. The van der Waals surface area contributed by atoms with Crippen LogP contribution < -0.4 is 16.4 Å². The second-order valence-corrected chi connectivity index (χ2v) is 3.06. The Balaban J connectivity index is 4.10. The van der Waals surface area contributed by atoms with Crippen molar-refractivity contribution in [2.75, 3.05) is 6.54 Å². The van der Waals surface area contributed by atoms with Gasteiger partial charge in [0.05, 0.1) is 6.54 Å². The van der Waals surface area contributed by atoms with Gasteiger partial charge >= 0.3 is 5.97 Å². The van der Waals surface area contributed by atoms with Gasteiger partial charge in [-0.3, -0.25) is 14.4 Å². The maximum atomic E-state index is 11.3. The first kappa shape index (κ1) is 13.4. The number of rotatable bonds is 5. The lowest BCUT2D eigenvalue weighted by Crippen LogP contribution is -2.50. The second kappa shape index (κ2) is 5.97. The Labute approximate surface area is 87.0 Å². The average molecular weight is 217 g/mol. The molecular formula is C8H15N3O4. The van der Waals surface area contributed by atoms with Gasteiger partial charge in [-0.1, -0.05) is 0 Å². The molecule has 0 saturated carbocycles. The summed E-state index contributed by atoms with van der Waals surface area (Å²) in [5.41, 5.74) is 5.03. The molecule has 0 saturated heterocycles. The van der Waals surface area contributed by atoms with Crippen LogP contribution in [-0.2, 0) is 14.4 Å². The van der Waals surface area contributed by atoms with Gasteiger partial charge in [0.1, 0.15) is 12.1 Å². The van der Waals surface area contributed by atoms with Crippen molar-refractivity contribution in [2.45, 2.75) is 25.9 Å². The normalized spacial score (nSPS) is 13.8. The molecule has 7 nitrogen and oxygen atoms in total. The lowest BCUT2D eigenvalue weighted by atomic mass is 10.2. The number of amides is 2. The van der Waals surface area contributed by atoms with Crippen molar-refractivity contribution in [1.82, 2.24) is 10.6 Å². The molecule has 7 heteroatoms. The molecule has 2 amide bonds. The van der Waals surface area contributed by atoms with Gasteiger partial charge in [0.25, 0.3) is 0 Å². The molecule has 86 valence electrons. The van der Waals surface area contributed by atoms with Crippen LogP contribution in [-0.4, -0.2) is 41.5 Å². The number of nitrogens with one attached hydrogen (secondary N) is 2. The molecule has 0 bridgehead atoms. The van der Waals surface area contributed by atoms with Crippen LogP contribution in [0.3, 0.4) is 0 Å². The number of carboxylic acid groups (broad SMARTS) is 1. The molecule has 2 atom stereocenters. The first-order chi connectivity index (χ1) is 6.88. The zero-order chi connectivity index (χ0) is 12.0. The van der Waals surface area contributed by atoms with Gasteiger partial charge in [0, 0.05) is 0 Å². The summed E-state index contributed by atoms with van der Waals surface area (Å²) >= 11 is 0. The molecule has 0 spiro atoms. The fraction of sp³-hybridized carbons (Fsp3) is 0.625. The number of hydrogen-bond donors (Lipinski definition) is 4. The van der Waals surface area contributed by atoms with E-state index in [1.54, 1.807) is 0 Å².